The van der Waals surface area contributed by atoms with Gasteiger partial charge in [0, 0.05) is 18.8 Å². The van der Waals surface area contributed by atoms with Gasteiger partial charge in [0.05, 0.1) is 4.90 Å². The molecule has 1 rings (SSSR count). The van der Waals surface area contributed by atoms with Crippen molar-refractivity contribution in [3.8, 4) is 0 Å². The molecule has 0 aliphatic heterocycles. The summed E-state index contributed by atoms with van der Waals surface area (Å²) in [6, 6.07) is 4.82. The number of nitrogens with one attached hydrogen (secondary N) is 1. The predicted molar refractivity (Wildman–Crippen MR) is 74.0 cm³/mol. The van der Waals surface area contributed by atoms with Crippen molar-refractivity contribution < 1.29 is 8.42 Å². The molecule has 0 aliphatic carbocycles. The fourth-order valence-electron chi connectivity index (χ4n) is 1.54. The van der Waals surface area contributed by atoms with E-state index in [0.717, 1.165) is 12.1 Å². The smallest absolute Gasteiger partial charge is 0.240 e. The zero-order chi connectivity index (χ0) is 13.8. The van der Waals surface area contributed by atoms with Gasteiger partial charge in [-0.2, -0.15) is 0 Å². The predicted octanol–water partition coefficient (Wildman–Crippen LogP) is 0.807. The topological polar surface area (TPSA) is 75.4 Å². The zero-order valence-electron chi connectivity index (χ0n) is 11.1. The molecular weight excluding hydrogens is 250 g/mol. The first-order valence-electron chi connectivity index (χ1n) is 5.90. The molecule has 0 aromatic heterocycles. The minimum Gasteiger partial charge on any atom is -0.399 e. The first kappa shape index (κ1) is 14.9. The fourth-order valence-corrected chi connectivity index (χ4v) is 2.70. The van der Waals surface area contributed by atoms with Crippen LogP contribution in [-0.2, 0) is 10.0 Å². The Labute approximate surface area is 109 Å². The highest BCUT2D eigenvalue weighted by atomic mass is 32.2. The summed E-state index contributed by atoms with van der Waals surface area (Å²) in [5.41, 5.74) is 6.95. The van der Waals surface area contributed by atoms with E-state index in [1.54, 1.807) is 12.1 Å². The summed E-state index contributed by atoms with van der Waals surface area (Å²) in [5.74, 6) is 0. The Bertz CT molecular complexity index is 480. The van der Waals surface area contributed by atoms with E-state index < -0.39 is 10.0 Å². The summed E-state index contributed by atoms with van der Waals surface area (Å²) in [4.78, 5) is 2.26. The maximum atomic E-state index is 12.0. The summed E-state index contributed by atoms with van der Waals surface area (Å²) in [5, 5.41) is 0. The van der Waals surface area contributed by atoms with Crippen molar-refractivity contribution in [2.24, 2.45) is 0 Å². The molecule has 0 amide bonds. The number of sulfonamides is 1. The van der Waals surface area contributed by atoms with E-state index in [-0.39, 0.29) is 4.90 Å². The van der Waals surface area contributed by atoms with E-state index in [1.165, 1.54) is 6.07 Å². The number of nitrogens with two attached hydrogens (primary N) is 1. The lowest BCUT2D eigenvalue weighted by molar-refractivity contribution is 0.358. The van der Waals surface area contributed by atoms with Crippen molar-refractivity contribution in [1.82, 2.24) is 9.62 Å². The molecule has 5 nitrogen and oxygen atoms in total. The highest BCUT2D eigenvalue weighted by Crippen LogP contribution is 2.15. The third kappa shape index (κ3) is 4.29. The first-order valence-corrected chi connectivity index (χ1v) is 7.39. The van der Waals surface area contributed by atoms with Gasteiger partial charge >= 0.3 is 0 Å². The van der Waals surface area contributed by atoms with Crippen LogP contribution in [0.5, 0.6) is 0 Å². The molecule has 0 spiro atoms. The lowest BCUT2D eigenvalue weighted by Crippen LogP contribution is -2.33. The van der Waals surface area contributed by atoms with Crippen LogP contribution in [0.4, 0.5) is 5.69 Å². The van der Waals surface area contributed by atoms with Gasteiger partial charge in [-0.15, -0.1) is 0 Å². The zero-order valence-corrected chi connectivity index (χ0v) is 11.9. The van der Waals surface area contributed by atoms with Crippen LogP contribution in [0, 0.1) is 6.92 Å². The molecule has 0 radical (unpaired) electrons. The standard InChI is InChI=1S/C12H21N3O2S/c1-4-15(3)6-5-14-18(16,17)12-8-10(2)7-11(13)9-12/h7-9,14H,4-6,13H2,1-3H3. The summed E-state index contributed by atoms with van der Waals surface area (Å²) in [6.07, 6.45) is 0. The van der Waals surface area contributed by atoms with Crippen LogP contribution < -0.4 is 10.5 Å². The van der Waals surface area contributed by atoms with E-state index >= 15 is 0 Å². The fraction of sp³-hybridized carbons (Fsp3) is 0.500. The molecule has 102 valence electrons. The minimum absolute atomic E-state index is 0.221. The van der Waals surface area contributed by atoms with Gasteiger partial charge in [-0.05, 0) is 44.3 Å². The van der Waals surface area contributed by atoms with Gasteiger partial charge in [0.1, 0.15) is 0 Å². The molecule has 0 unspecified atom stereocenters. The van der Waals surface area contributed by atoms with E-state index in [9.17, 15) is 8.42 Å². The van der Waals surface area contributed by atoms with Gasteiger partial charge in [-0.3, -0.25) is 0 Å². The minimum atomic E-state index is -3.47. The van der Waals surface area contributed by atoms with E-state index in [2.05, 4.69) is 4.72 Å². The van der Waals surface area contributed by atoms with Crippen molar-refractivity contribution in [2.75, 3.05) is 32.4 Å². The van der Waals surface area contributed by atoms with Crippen LogP contribution in [0.25, 0.3) is 0 Å². The van der Waals surface area contributed by atoms with Crippen molar-refractivity contribution in [3.05, 3.63) is 23.8 Å². The maximum absolute atomic E-state index is 12.0. The van der Waals surface area contributed by atoms with Gasteiger partial charge in [0.15, 0.2) is 0 Å². The third-order valence-corrected chi connectivity index (χ3v) is 4.15. The molecule has 1 aromatic rings. The lowest BCUT2D eigenvalue weighted by Gasteiger charge is -2.14. The van der Waals surface area contributed by atoms with Crippen molar-refractivity contribution in [3.63, 3.8) is 0 Å². The molecule has 6 heteroatoms. The summed E-state index contributed by atoms with van der Waals surface area (Å²) < 4.78 is 26.6. The number of rotatable bonds is 6. The van der Waals surface area contributed by atoms with Gasteiger partial charge in [-0.1, -0.05) is 6.92 Å². The number of hydrogen-bond acceptors (Lipinski definition) is 4. The Morgan fingerprint density at radius 1 is 1.33 bits per heavy atom. The van der Waals surface area contributed by atoms with E-state index in [0.29, 0.717) is 18.8 Å². The Balaban J connectivity index is 2.74. The van der Waals surface area contributed by atoms with Crippen LogP contribution in [0.1, 0.15) is 12.5 Å². The molecule has 0 fully saturated rings. The van der Waals surface area contributed by atoms with Crippen molar-refractivity contribution in [2.45, 2.75) is 18.7 Å². The summed E-state index contributed by atoms with van der Waals surface area (Å²) >= 11 is 0. The first-order chi connectivity index (χ1) is 8.35. The Morgan fingerprint density at radius 2 is 2.00 bits per heavy atom. The van der Waals surface area contributed by atoms with Crippen LogP contribution in [0.3, 0.4) is 0 Å². The molecule has 0 saturated heterocycles. The number of benzene rings is 1. The average Bonchev–Trinajstić information content (AvgIpc) is 2.27. The normalized spacial score (nSPS) is 12.0. The summed E-state index contributed by atoms with van der Waals surface area (Å²) in [7, 11) is -1.52. The molecule has 0 heterocycles. The van der Waals surface area contributed by atoms with Crippen molar-refractivity contribution in [1.29, 1.82) is 0 Å². The quantitative estimate of drug-likeness (QED) is 0.751. The number of likely N-dealkylation sites (N-methyl/N-ethyl adjacent to an activating group) is 1. The van der Waals surface area contributed by atoms with E-state index in [4.69, 9.17) is 5.73 Å². The van der Waals surface area contributed by atoms with Crippen LogP contribution >= 0.6 is 0 Å². The lowest BCUT2D eigenvalue weighted by atomic mass is 10.2. The Morgan fingerprint density at radius 3 is 2.56 bits per heavy atom. The van der Waals surface area contributed by atoms with Crippen LogP contribution in [-0.4, -0.2) is 40.0 Å². The molecule has 0 atom stereocenters. The second kappa shape index (κ2) is 6.17. The van der Waals surface area contributed by atoms with E-state index in [1.807, 2.05) is 25.8 Å². The average molecular weight is 271 g/mol. The number of nitrogen functional groups attached to an aromatic ring is 1. The Kier molecular flexibility index (Phi) is 5.13. The van der Waals surface area contributed by atoms with Gasteiger partial charge in [0.25, 0.3) is 0 Å². The van der Waals surface area contributed by atoms with Crippen LogP contribution in [0.15, 0.2) is 23.1 Å². The number of anilines is 1. The molecule has 3 N–H and O–H groups in total. The highest BCUT2D eigenvalue weighted by Gasteiger charge is 2.14. The molecule has 0 bridgehead atoms. The molecule has 1 aromatic carbocycles. The summed E-state index contributed by atoms with van der Waals surface area (Å²) in [6.45, 7) is 5.80. The maximum Gasteiger partial charge on any atom is 0.240 e. The second-order valence-corrected chi connectivity index (χ2v) is 6.14. The van der Waals surface area contributed by atoms with Gasteiger partial charge < -0.3 is 10.6 Å². The van der Waals surface area contributed by atoms with Gasteiger partial charge in [-0.25, -0.2) is 13.1 Å². The molecule has 0 saturated carbocycles. The largest absolute Gasteiger partial charge is 0.399 e. The highest BCUT2D eigenvalue weighted by molar-refractivity contribution is 7.89. The molecular formula is C12H21N3O2S. The number of aryl methyl sites for hydroxylation is 1. The van der Waals surface area contributed by atoms with Gasteiger partial charge in [0.2, 0.25) is 10.0 Å². The second-order valence-electron chi connectivity index (χ2n) is 4.37. The Hall–Kier alpha value is -1.11. The van der Waals surface area contributed by atoms with Crippen molar-refractivity contribution >= 4 is 15.7 Å². The molecule has 0 aliphatic rings. The number of nitrogens with zero attached hydrogens (tertiary/aromatic N) is 1. The molecule has 18 heavy (non-hydrogen) atoms. The van der Waals surface area contributed by atoms with Crippen LogP contribution in [0.2, 0.25) is 0 Å². The number of hydrogen-bond donors (Lipinski definition) is 2. The SMILES string of the molecule is CCN(C)CCNS(=O)(=O)c1cc(C)cc(N)c1. The third-order valence-electron chi connectivity index (χ3n) is 2.71. The monoisotopic (exact) mass is 271 g/mol.